The SMILES string of the molecule is O=C(CSc1ncccn1)N[C@@H]1C(=O)N2C(C(=O)O)=C(/C=C3\CCN(CC4CC4)C3=O)CS[C@H]12.[NaH]. The third-order valence-corrected chi connectivity index (χ3v) is 8.31. The van der Waals surface area contributed by atoms with Gasteiger partial charge < -0.3 is 15.3 Å². The van der Waals surface area contributed by atoms with E-state index < -0.39 is 23.3 Å². The molecule has 0 spiro atoms. The Morgan fingerprint density at radius 1 is 1.26 bits per heavy atom. The van der Waals surface area contributed by atoms with Gasteiger partial charge in [-0.05, 0) is 42.9 Å². The second-order valence-electron chi connectivity index (χ2n) is 8.57. The van der Waals surface area contributed by atoms with Crippen LogP contribution in [0.5, 0.6) is 0 Å². The normalized spacial score (nSPS) is 24.7. The number of fused-ring (bicyclic) bond motifs is 1. The fraction of sp³-hybridized carbons (Fsp3) is 0.455. The number of β-lactam (4-membered cyclic amide) rings is 1. The van der Waals surface area contributed by atoms with E-state index >= 15 is 0 Å². The summed E-state index contributed by atoms with van der Waals surface area (Å²) >= 11 is 2.54. The molecule has 1 aromatic rings. The van der Waals surface area contributed by atoms with Crippen LogP contribution in [0.3, 0.4) is 0 Å². The van der Waals surface area contributed by atoms with Crippen LogP contribution >= 0.6 is 23.5 Å². The third-order valence-electron chi connectivity index (χ3n) is 6.13. The Bertz CT molecular complexity index is 1110. The first-order chi connectivity index (χ1) is 16.4. The zero-order valence-corrected chi connectivity index (χ0v) is 19.8. The van der Waals surface area contributed by atoms with Crippen LogP contribution in [0, 0.1) is 5.92 Å². The average molecular weight is 526 g/mol. The quantitative estimate of drug-likeness (QED) is 0.161. The summed E-state index contributed by atoms with van der Waals surface area (Å²) in [6.45, 7) is 1.41. The van der Waals surface area contributed by atoms with E-state index in [-0.39, 0.29) is 52.8 Å². The third kappa shape index (κ3) is 5.61. The van der Waals surface area contributed by atoms with Crippen molar-refractivity contribution in [1.29, 1.82) is 0 Å². The number of nitrogens with zero attached hydrogens (tertiary/aromatic N) is 4. The molecule has 4 heterocycles. The number of rotatable bonds is 8. The molecule has 1 aromatic heterocycles. The number of carboxylic acid groups (broad SMARTS) is 1. The van der Waals surface area contributed by atoms with Crippen LogP contribution in [0.2, 0.25) is 0 Å². The van der Waals surface area contributed by atoms with E-state index in [9.17, 15) is 24.3 Å². The Morgan fingerprint density at radius 2 is 2.00 bits per heavy atom. The molecule has 13 heteroatoms. The summed E-state index contributed by atoms with van der Waals surface area (Å²) in [5.41, 5.74) is 0.943. The molecule has 1 saturated carbocycles. The predicted molar refractivity (Wildman–Crippen MR) is 132 cm³/mol. The van der Waals surface area contributed by atoms with Crippen LogP contribution in [-0.2, 0) is 19.2 Å². The number of allylic oxidation sites excluding steroid dienone is 1. The standard InChI is InChI=1S/C22H23N5O5S2.Na.H/c28-15(11-34-22-23-5-1-6-24-22)25-16-19(30)27-17(21(31)32)14(10-33-20(16)27)8-13-4-7-26(18(13)29)9-12-2-3-12;;/h1,5-6,8,12,16,20H,2-4,7,9-11H2,(H,25,28)(H,31,32);;/b13-8+;;/t16-,20-;;/m1../s1. The van der Waals surface area contributed by atoms with E-state index in [1.54, 1.807) is 24.5 Å². The van der Waals surface area contributed by atoms with Crippen LogP contribution in [0.1, 0.15) is 19.3 Å². The Balaban J connectivity index is 0.00000289. The topological polar surface area (TPSA) is 133 Å². The van der Waals surface area contributed by atoms with Gasteiger partial charge in [-0.15, -0.1) is 11.8 Å². The van der Waals surface area contributed by atoms with Crippen molar-refractivity contribution >= 4 is 76.8 Å². The Kier molecular flexibility index (Phi) is 8.26. The zero-order valence-electron chi connectivity index (χ0n) is 18.2. The molecule has 5 rings (SSSR count). The molecular weight excluding hydrogens is 501 g/mol. The number of likely N-dealkylation sites (tertiary alicyclic amines) is 1. The molecule has 35 heavy (non-hydrogen) atoms. The molecule has 1 aliphatic carbocycles. The summed E-state index contributed by atoms with van der Waals surface area (Å²) in [4.78, 5) is 61.1. The molecule has 3 aliphatic heterocycles. The van der Waals surface area contributed by atoms with Gasteiger partial charge in [-0.1, -0.05) is 11.8 Å². The van der Waals surface area contributed by atoms with Crippen LogP contribution in [-0.4, -0.2) is 114 Å². The molecule has 2 N–H and O–H groups in total. The van der Waals surface area contributed by atoms with Crippen LogP contribution < -0.4 is 5.32 Å². The first kappa shape index (κ1) is 26.2. The molecule has 2 atom stereocenters. The Labute approximate surface area is 232 Å². The monoisotopic (exact) mass is 525 g/mol. The number of carboxylic acids is 1. The number of carbonyl (C=O) groups is 4. The molecule has 10 nitrogen and oxygen atoms in total. The molecule has 4 aliphatic rings. The number of aliphatic carboxylic acids is 1. The number of amides is 3. The molecular formula is C22H24N5NaO5S2. The van der Waals surface area contributed by atoms with Crippen molar-refractivity contribution in [3.63, 3.8) is 0 Å². The fourth-order valence-electron chi connectivity index (χ4n) is 4.26. The maximum atomic E-state index is 12.8. The number of aromatic nitrogens is 2. The van der Waals surface area contributed by atoms with E-state index in [2.05, 4.69) is 15.3 Å². The number of thioether (sulfide) groups is 2. The van der Waals surface area contributed by atoms with Crippen molar-refractivity contribution in [2.75, 3.05) is 24.6 Å². The molecule has 0 unspecified atom stereocenters. The molecule has 0 aromatic carbocycles. The van der Waals surface area contributed by atoms with Crippen molar-refractivity contribution in [2.45, 2.75) is 35.8 Å². The van der Waals surface area contributed by atoms with Gasteiger partial charge in [0.1, 0.15) is 17.1 Å². The van der Waals surface area contributed by atoms with Gasteiger partial charge in [-0.25, -0.2) is 14.8 Å². The van der Waals surface area contributed by atoms with Gasteiger partial charge in [-0.2, -0.15) is 0 Å². The van der Waals surface area contributed by atoms with Crippen molar-refractivity contribution in [2.24, 2.45) is 5.92 Å². The summed E-state index contributed by atoms with van der Waals surface area (Å²) in [6, 6.07) is 0.886. The van der Waals surface area contributed by atoms with Crippen LogP contribution in [0.15, 0.2) is 46.5 Å². The summed E-state index contributed by atoms with van der Waals surface area (Å²) in [6.07, 6.45) is 7.69. The Morgan fingerprint density at radius 3 is 2.69 bits per heavy atom. The first-order valence-electron chi connectivity index (χ1n) is 11.0. The molecule has 2 saturated heterocycles. The summed E-state index contributed by atoms with van der Waals surface area (Å²) in [5.74, 6) is -1.10. The fourth-order valence-corrected chi connectivity index (χ4v) is 6.18. The van der Waals surface area contributed by atoms with Crippen molar-refractivity contribution in [3.05, 3.63) is 41.4 Å². The van der Waals surface area contributed by atoms with E-state index in [1.807, 2.05) is 4.90 Å². The van der Waals surface area contributed by atoms with Gasteiger partial charge in [0.05, 0.1) is 5.75 Å². The second-order valence-corrected chi connectivity index (χ2v) is 10.6. The van der Waals surface area contributed by atoms with Crippen molar-refractivity contribution in [3.8, 4) is 0 Å². The average Bonchev–Trinajstić information content (AvgIpc) is 3.60. The summed E-state index contributed by atoms with van der Waals surface area (Å²) < 4.78 is 0. The first-order valence-corrected chi connectivity index (χ1v) is 13.1. The molecule has 180 valence electrons. The Hall–Kier alpha value is -1.86. The minimum atomic E-state index is -1.22. The van der Waals surface area contributed by atoms with E-state index in [0.29, 0.717) is 40.9 Å². The zero-order chi connectivity index (χ0) is 23.8. The van der Waals surface area contributed by atoms with Gasteiger partial charge in [0.15, 0.2) is 5.16 Å². The maximum absolute atomic E-state index is 12.8. The minimum absolute atomic E-state index is 0. The summed E-state index contributed by atoms with van der Waals surface area (Å²) in [5, 5.41) is 12.5. The van der Waals surface area contributed by atoms with Gasteiger partial charge >= 0.3 is 35.5 Å². The van der Waals surface area contributed by atoms with Gasteiger partial charge in [0.25, 0.3) is 5.91 Å². The molecule has 0 bridgehead atoms. The number of hydrogen-bond acceptors (Lipinski definition) is 8. The molecule has 0 radical (unpaired) electrons. The van der Waals surface area contributed by atoms with E-state index in [0.717, 1.165) is 31.1 Å². The second kappa shape index (κ2) is 11.0. The van der Waals surface area contributed by atoms with Gasteiger partial charge in [0, 0.05) is 36.8 Å². The van der Waals surface area contributed by atoms with E-state index in [1.165, 1.54) is 16.7 Å². The van der Waals surface area contributed by atoms with Crippen molar-refractivity contribution in [1.82, 2.24) is 25.1 Å². The predicted octanol–water partition coefficient (Wildman–Crippen LogP) is 0.228. The van der Waals surface area contributed by atoms with Gasteiger partial charge in [0.2, 0.25) is 11.8 Å². The number of carbonyl (C=O) groups excluding carboxylic acids is 3. The molecule has 3 amide bonds. The van der Waals surface area contributed by atoms with E-state index in [4.69, 9.17) is 0 Å². The number of hydrogen-bond donors (Lipinski definition) is 2. The molecule has 3 fully saturated rings. The van der Waals surface area contributed by atoms with Crippen LogP contribution in [0.4, 0.5) is 0 Å². The van der Waals surface area contributed by atoms with Crippen molar-refractivity contribution < 1.29 is 24.3 Å². The number of nitrogens with one attached hydrogen (secondary N) is 1. The van der Waals surface area contributed by atoms with Crippen LogP contribution in [0.25, 0.3) is 0 Å². The summed E-state index contributed by atoms with van der Waals surface area (Å²) in [7, 11) is 0. The van der Waals surface area contributed by atoms with Gasteiger partial charge in [-0.3, -0.25) is 19.3 Å².